The first-order valence-electron chi connectivity index (χ1n) is 15.5. The van der Waals surface area contributed by atoms with Gasteiger partial charge in [0.05, 0.1) is 18.8 Å². The minimum absolute atomic E-state index is 0.0842. The Kier molecular flexibility index (Phi) is 6.86. The summed E-state index contributed by atoms with van der Waals surface area (Å²) in [6, 6.07) is 11.4. The van der Waals surface area contributed by atoms with E-state index in [-0.39, 0.29) is 11.2 Å². The molecule has 5 aliphatic rings. The number of aromatic nitrogens is 2. The number of aromatic hydroxyl groups is 1. The number of hydrogen-bond acceptors (Lipinski definition) is 8. The molecule has 2 aromatic carbocycles. The summed E-state index contributed by atoms with van der Waals surface area (Å²) in [6.07, 6.45) is 5.44. The molecule has 2 unspecified atom stereocenters. The fraction of sp³-hybridized carbons (Fsp3) is 0.562. The molecule has 4 aliphatic heterocycles. The van der Waals surface area contributed by atoms with E-state index in [0.717, 1.165) is 80.0 Å². The van der Waals surface area contributed by atoms with E-state index in [1.54, 1.807) is 0 Å². The number of fused-ring (bicyclic) bond motifs is 4. The molecule has 1 saturated carbocycles. The molecule has 5 heterocycles. The molecule has 3 atom stereocenters. The van der Waals surface area contributed by atoms with Crippen LogP contribution in [0.15, 0.2) is 30.3 Å². The smallest absolute Gasteiger partial charge is 0.318 e. The standard InChI is InChI=1S/C32H38FIN6O2/c33-21-6-10-38(14-21)18-32(8-9-32)19-42-31-36-27-17-39(28-13-24(41)12-20-2-1-3-26(34)29(20)28)11-7-25(27)30(37-31)40-15-22-4-5-23(16-40)35-22/h1-3,12-13,21-23,35,41H,4-11,14-19H2/t21-,22?,23?/m1/s1. The van der Waals surface area contributed by atoms with Gasteiger partial charge in [0.25, 0.3) is 0 Å². The highest BCUT2D eigenvalue weighted by atomic mass is 127. The summed E-state index contributed by atoms with van der Waals surface area (Å²) in [5.74, 6) is 1.31. The van der Waals surface area contributed by atoms with E-state index in [9.17, 15) is 9.50 Å². The number of ether oxygens (including phenoxy) is 1. The Morgan fingerprint density at radius 2 is 1.88 bits per heavy atom. The molecule has 2 bridgehead atoms. The number of alkyl halides is 1. The van der Waals surface area contributed by atoms with E-state index in [2.05, 4.69) is 54.7 Å². The Bertz CT molecular complexity index is 1510. The third kappa shape index (κ3) is 5.17. The van der Waals surface area contributed by atoms with Crippen LogP contribution in [-0.2, 0) is 13.0 Å². The number of phenolic OH excluding ortho intramolecular Hbond substituents is 1. The van der Waals surface area contributed by atoms with Crippen molar-refractivity contribution >= 4 is 44.9 Å². The lowest BCUT2D eigenvalue weighted by Gasteiger charge is -2.37. The van der Waals surface area contributed by atoms with Crippen LogP contribution in [0.25, 0.3) is 10.8 Å². The molecule has 222 valence electrons. The van der Waals surface area contributed by atoms with E-state index >= 15 is 0 Å². The number of phenols is 1. The van der Waals surface area contributed by atoms with Crippen molar-refractivity contribution in [2.24, 2.45) is 5.41 Å². The Balaban J connectivity index is 1.10. The molecule has 0 radical (unpaired) electrons. The molecule has 8 nitrogen and oxygen atoms in total. The lowest BCUT2D eigenvalue weighted by molar-refractivity contribution is 0.164. The van der Waals surface area contributed by atoms with Gasteiger partial charge in [-0.2, -0.15) is 9.97 Å². The van der Waals surface area contributed by atoms with Crippen molar-refractivity contribution in [3.63, 3.8) is 0 Å². The second-order valence-corrected chi connectivity index (χ2v) is 14.3. The maximum atomic E-state index is 13.8. The summed E-state index contributed by atoms with van der Waals surface area (Å²) in [7, 11) is 0. The SMILES string of the molecule is Oc1cc(N2CCc3c(nc(OCC4(CN5CC[C@@H](F)C5)CC4)nc3N3CC4CCC(C3)N4)C2)c2c(I)cccc2c1. The third-order valence-electron chi connectivity index (χ3n) is 10.0. The zero-order valence-corrected chi connectivity index (χ0v) is 26.0. The van der Waals surface area contributed by atoms with Gasteiger partial charge in [0.15, 0.2) is 0 Å². The predicted octanol–water partition coefficient (Wildman–Crippen LogP) is 4.65. The minimum atomic E-state index is -0.697. The highest BCUT2D eigenvalue weighted by Crippen LogP contribution is 2.47. The van der Waals surface area contributed by atoms with Crippen LogP contribution in [0.5, 0.6) is 11.8 Å². The fourth-order valence-electron chi connectivity index (χ4n) is 7.63. The van der Waals surface area contributed by atoms with Crippen molar-refractivity contribution in [3.05, 3.63) is 45.2 Å². The molecule has 10 heteroatoms. The Labute approximate surface area is 259 Å². The number of nitrogens with zero attached hydrogens (tertiary/aromatic N) is 5. The topological polar surface area (TPSA) is 77.0 Å². The molecule has 4 fully saturated rings. The lowest BCUT2D eigenvalue weighted by Crippen LogP contribution is -2.52. The highest BCUT2D eigenvalue weighted by Gasteiger charge is 2.46. The van der Waals surface area contributed by atoms with Gasteiger partial charge in [0.1, 0.15) is 17.7 Å². The van der Waals surface area contributed by atoms with Crippen LogP contribution < -0.4 is 19.9 Å². The van der Waals surface area contributed by atoms with Gasteiger partial charge in [0, 0.05) is 83.0 Å². The van der Waals surface area contributed by atoms with E-state index < -0.39 is 6.17 Å². The van der Waals surface area contributed by atoms with Gasteiger partial charge in [-0.25, -0.2) is 4.39 Å². The number of benzene rings is 2. The molecule has 3 aromatic rings. The average Bonchev–Trinajstić information content (AvgIpc) is 3.50. The number of hydrogen-bond donors (Lipinski definition) is 2. The molecular formula is C32H38FIN6O2. The number of anilines is 2. The Hall–Kier alpha value is -2.44. The van der Waals surface area contributed by atoms with E-state index in [0.29, 0.717) is 44.2 Å². The van der Waals surface area contributed by atoms with Crippen LogP contribution in [-0.4, -0.2) is 84.1 Å². The molecule has 1 aliphatic carbocycles. The van der Waals surface area contributed by atoms with Gasteiger partial charge >= 0.3 is 6.01 Å². The third-order valence-corrected chi connectivity index (χ3v) is 10.9. The van der Waals surface area contributed by atoms with E-state index in [1.807, 2.05) is 18.2 Å². The lowest BCUT2D eigenvalue weighted by atomic mass is 10.0. The summed E-state index contributed by atoms with van der Waals surface area (Å²) in [6.45, 7) is 6.25. The maximum absolute atomic E-state index is 13.8. The minimum Gasteiger partial charge on any atom is -0.508 e. The molecule has 8 rings (SSSR count). The molecule has 42 heavy (non-hydrogen) atoms. The van der Waals surface area contributed by atoms with Gasteiger partial charge in [0.2, 0.25) is 0 Å². The Morgan fingerprint density at radius 3 is 2.64 bits per heavy atom. The summed E-state index contributed by atoms with van der Waals surface area (Å²) < 4.78 is 21.4. The van der Waals surface area contributed by atoms with Gasteiger partial charge in [-0.1, -0.05) is 12.1 Å². The number of nitrogens with one attached hydrogen (secondary N) is 1. The number of likely N-dealkylation sites (tertiary alicyclic amines) is 1. The molecule has 0 spiro atoms. The van der Waals surface area contributed by atoms with Crippen molar-refractivity contribution in [1.82, 2.24) is 20.2 Å². The van der Waals surface area contributed by atoms with Crippen molar-refractivity contribution in [3.8, 4) is 11.8 Å². The summed E-state index contributed by atoms with van der Waals surface area (Å²) in [5.41, 5.74) is 3.36. The van der Waals surface area contributed by atoms with Crippen molar-refractivity contribution in [2.75, 3.05) is 55.7 Å². The number of piperazine rings is 1. The first-order valence-corrected chi connectivity index (χ1v) is 16.6. The molecule has 0 amide bonds. The monoisotopic (exact) mass is 684 g/mol. The largest absolute Gasteiger partial charge is 0.508 e. The van der Waals surface area contributed by atoms with Crippen LogP contribution in [0.4, 0.5) is 15.9 Å². The van der Waals surface area contributed by atoms with E-state index in [1.165, 1.54) is 22.0 Å². The van der Waals surface area contributed by atoms with Crippen LogP contribution in [0.3, 0.4) is 0 Å². The Morgan fingerprint density at radius 1 is 1.05 bits per heavy atom. The fourth-order valence-corrected chi connectivity index (χ4v) is 8.43. The van der Waals surface area contributed by atoms with Crippen molar-refractivity contribution in [2.45, 2.75) is 63.3 Å². The molecule has 2 N–H and O–H groups in total. The van der Waals surface area contributed by atoms with Crippen LogP contribution in [0.2, 0.25) is 0 Å². The van der Waals surface area contributed by atoms with E-state index in [4.69, 9.17) is 14.7 Å². The van der Waals surface area contributed by atoms with Gasteiger partial charge in [-0.3, -0.25) is 4.90 Å². The zero-order chi connectivity index (χ0) is 28.4. The van der Waals surface area contributed by atoms with Crippen LogP contribution >= 0.6 is 22.6 Å². The zero-order valence-electron chi connectivity index (χ0n) is 23.9. The first kappa shape index (κ1) is 27.1. The highest BCUT2D eigenvalue weighted by molar-refractivity contribution is 14.1. The summed E-state index contributed by atoms with van der Waals surface area (Å²) >= 11 is 2.39. The van der Waals surface area contributed by atoms with Crippen LogP contribution in [0, 0.1) is 8.99 Å². The van der Waals surface area contributed by atoms with Gasteiger partial charge < -0.3 is 25.0 Å². The number of rotatable bonds is 7. The summed E-state index contributed by atoms with van der Waals surface area (Å²) in [4.78, 5) is 17.2. The predicted molar refractivity (Wildman–Crippen MR) is 170 cm³/mol. The van der Waals surface area contributed by atoms with Crippen molar-refractivity contribution < 1.29 is 14.2 Å². The maximum Gasteiger partial charge on any atom is 0.318 e. The number of halogens is 2. The first-order chi connectivity index (χ1) is 20.4. The normalized spacial score (nSPS) is 26.6. The average molecular weight is 685 g/mol. The summed E-state index contributed by atoms with van der Waals surface area (Å²) in [5, 5.41) is 16.6. The molecule has 1 aromatic heterocycles. The second kappa shape index (κ2) is 10.6. The van der Waals surface area contributed by atoms with Crippen molar-refractivity contribution in [1.29, 1.82) is 0 Å². The van der Waals surface area contributed by atoms with Gasteiger partial charge in [-0.15, -0.1) is 0 Å². The molecular weight excluding hydrogens is 646 g/mol. The molecule has 3 saturated heterocycles. The second-order valence-electron chi connectivity index (χ2n) is 13.2. The van der Waals surface area contributed by atoms with Crippen LogP contribution in [0.1, 0.15) is 43.4 Å². The quantitative estimate of drug-likeness (QED) is 0.349. The van der Waals surface area contributed by atoms with Gasteiger partial charge in [-0.05, 0) is 78.6 Å².